The maximum Gasteiger partial charge on any atom is 0.142 e. The molecule has 84 valence electrons. The molecule has 1 aromatic heterocycles. The van der Waals surface area contributed by atoms with Gasteiger partial charge in [-0.05, 0) is 6.07 Å². The average Bonchev–Trinajstić information content (AvgIpc) is 2.33. The Hall–Kier alpha value is -1.51. The van der Waals surface area contributed by atoms with E-state index in [4.69, 9.17) is 5.26 Å². The highest BCUT2D eigenvalue weighted by Gasteiger charge is 2.16. The molecule has 2 rings (SSSR count). The van der Waals surface area contributed by atoms with Crippen molar-refractivity contribution in [1.82, 2.24) is 19.8 Å². The molecule has 16 heavy (non-hydrogen) atoms. The van der Waals surface area contributed by atoms with Crippen molar-refractivity contribution in [2.24, 2.45) is 0 Å². The van der Waals surface area contributed by atoms with E-state index in [0.717, 1.165) is 38.5 Å². The number of nitrogens with zero attached hydrogens (tertiary/aromatic N) is 5. The van der Waals surface area contributed by atoms with Crippen molar-refractivity contribution >= 4 is 0 Å². The van der Waals surface area contributed by atoms with Crippen LogP contribution in [0.5, 0.6) is 0 Å². The van der Waals surface area contributed by atoms with Crippen LogP contribution in [0.25, 0.3) is 0 Å². The summed E-state index contributed by atoms with van der Waals surface area (Å²) in [5, 5.41) is 8.59. The molecule has 0 aromatic carbocycles. The van der Waals surface area contributed by atoms with E-state index in [9.17, 15) is 0 Å². The number of piperazine rings is 1. The van der Waals surface area contributed by atoms with Gasteiger partial charge in [0, 0.05) is 38.6 Å². The van der Waals surface area contributed by atoms with Gasteiger partial charge in [-0.1, -0.05) is 0 Å². The van der Waals surface area contributed by atoms with Crippen molar-refractivity contribution in [2.45, 2.75) is 6.54 Å². The highest BCUT2D eigenvalue weighted by Crippen LogP contribution is 2.04. The zero-order valence-electron chi connectivity index (χ0n) is 9.21. The number of hydrogen-bond acceptors (Lipinski definition) is 5. The van der Waals surface area contributed by atoms with Gasteiger partial charge in [-0.3, -0.25) is 9.80 Å². The van der Waals surface area contributed by atoms with Gasteiger partial charge in [-0.15, -0.1) is 0 Å². The van der Waals surface area contributed by atoms with Crippen LogP contribution in [0, 0.1) is 11.3 Å². The highest BCUT2D eigenvalue weighted by molar-refractivity contribution is 4.89. The molecule has 2 heterocycles. The lowest BCUT2D eigenvalue weighted by Gasteiger charge is -2.32. The molecule has 0 spiro atoms. The van der Waals surface area contributed by atoms with E-state index >= 15 is 0 Å². The van der Waals surface area contributed by atoms with Gasteiger partial charge in [-0.2, -0.15) is 5.26 Å². The van der Waals surface area contributed by atoms with E-state index in [0.29, 0.717) is 6.54 Å². The summed E-state index contributed by atoms with van der Waals surface area (Å²) in [4.78, 5) is 12.9. The maximum absolute atomic E-state index is 8.59. The zero-order chi connectivity index (χ0) is 11.2. The number of nitriles is 1. The molecule has 1 aromatic rings. The lowest BCUT2D eigenvalue weighted by atomic mass is 10.3. The summed E-state index contributed by atoms with van der Waals surface area (Å²) in [5.74, 6) is 0.872. The lowest BCUT2D eigenvalue weighted by molar-refractivity contribution is 0.135. The van der Waals surface area contributed by atoms with E-state index in [1.807, 2.05) is 6.07 Å². The standard InChI is InChI=1S/C11H15N5/c12-2-5-15-6-8-16(9-7-15)10-11-13-3-1-4-14-11/h1,3-4H,5-10H2. The van der Waals surface area contributed by atoms with Crippen molar-refractivity contribution in [3.8, 4) is 6.07 Å². The summed E-state index contributed by atoms with van der Waals surface area (Å²) in [5.41, 5.74) is 0. The molecule has 1 fully saturated rings. The first kappa shape index (κ1) is 11.0. The van der Waals surface area contributed by atoms with Crippen LogP contribution in [0.15, 0.2) is 18.5 Å². The van der Waals surface area contributed by atoms with Gasteiger partial charge < -0.3 is 0 Å². The molecular weight excluding hydrogens is 202 g/mol. The average molecular weight is 217 g/mol. The Labute approximate surface area is 95.3 Å². The minimum atomic E-state index is 0.537. The zero-order valence-corrected chi connectivity index (χ0v) is 9.21. The predicted molar refractivity (Wildman–Crippen MR) is 59.4 cm³/mol. The van der Waals surface area contributed by atoms with Gasteiger partial charge in [0.2, 0.25) is 0 Å². The molecule has 5 heteroatoms. The normalized spacial score (nSPS) is 18.2. The SMILES string of the molecule is N#CCN1CCN(Cc2ncccn2)CC1. The summed E-state index contributed by atoms with van der Waals surface area (Å²) in [7, 11) is 0. The van der Waals surface area contributed by atoms with E-state index in [1.54, 1.807) is 12.4 Å². The van der Waals surface area contributed by atoms with E-state index in [2.05, 4.69) is 25.8 Å². The molecule has 0 atom stereocenters. The third-order valence-electron chi connectivity index (χ3n) is 2.74. The molecule has 0 amide bonds. The van der Waals surface area contributed by atoms with Crippen LogP contribution < -0.4 is 0 Å². The van der Waals surface area contributed by atoms with Gasteiger partial charge in [-0.25, -0.2) is 9.97 Å². The van der Waals surface area contributed by atoms with Gasteiger partial charge in [0.25, 0.3) is 0 Å². The van der Waals surface area contributed by atoms with Crippen LogP contribution in [-0.2, 0) is 6.54 Å². The second-order valence-electron chi connectivity index (χ2n) is 3.88. The molecule has 1 aliphatic rings. The molecule has 0 saturated carbocycles. The first-order valence-corrected chi connectivity index (χ1v) is 5.46. The Bertz CT molecular complexity index is 350. The minimum absolute atomic E-state index is 0.537. The number of rotatable bonds is 3. The van der Waals surface area contributed by atoms with E-state index in [-0.39, 0.29) is 0 Å². The maximum atomic E-state index is 8.59. The van der Waals surface area contributed by atoms with Crippen molar-refractivity contribution in [3.63, 3.8) is 0 Å². The number of hydrogen-bond donors (Lipinski definition) is 0. The van der Waals surface area contributed by atoms with Crippen molar-refractivity contribution in [3.05, 3.63) is 24.3 Å². The van der Waals surface area contributed by atoms with Crippen LogP contribution in [-0.4, -0.2) is 52.5 Å². The molecule has 0 radical (unpaired) electrons. The van der Waals surface area contributed by atoms with Gasteiger partial charge in [0.15, 0.2) is 0 Å². The Morgan fingerprint density at radius 3 is 2.38 bits per heavy atom. The van der Waals surface area contributed by atoms with Crippen molar-refractivity contribution < 1.29 is 0 Å². The Kier molecular flexibility index (Phi) is 3.81. The van der Waals surface area contributed by atoms with Crippen LogP contribution in [0.4, 0.5) is 0 Å². The summed E-state index contributed by atoms with van der Waals surface area (Å²) < 4.78 is 0. The summed E-state index contributed by atoms with van der Waals surface area (Å²) in [6.45, 7) is 5.23. The highest BCUT2D eigenvalue weighted by atomic mass is 15.3. The Morgan fingerprint density at radius 2 is 1.75 bits per heavy atom. The molecule has 0 bridgehead atoms. The molecule has 0 aliphatic carbocycles. The largest absolute Gasteiger partial charge is 0.293 e. The summed E-state index contributed by atoms with van der Waals surface area (Å²) in [6.07, 6.45) is 3.54. The predicted octanol–water partition coefficient (Wildman–Crippen LogP) is 0.118. The Morgan fingerprint density at radius 1 is 1.12 bits per heavy atom. The summed E-state index contributed by atoms with van der Waals surface area (Å²) in [6, 6.07) is 4.01. The van der Waals surface area contributed by atoms with Crippen LogP contribution >= 0.6 is 0 Å². The van der Waals surface area contributed by atoms with Gasteiger partial charge in [0.05, 0.1) is 19.2 Å². The Balaban J connectivity index is 1.80. The fourth-order valence-electron chi connectivity index (χ4n) is 1.82. The molecule has 1 saturated heterocycles. The first-order chi connectivity index (χ1) is 7.88. The second-order valence-corrected chi connectivity index (χ2v) is 3.88. The van der Waals surface area contributed by atoms with Crippen LogP contribution in [0.3, 0.4) is 0 Å². The van der Waals surface area contributed by atoms with E-state index < -0.39 is 0 Å². The molecular formula is C11H15N5. The van der Waals surface area contributed by atoms with Crippen molar-refractivity contribution in [2.75, 3.05) is 32.7 Å². The van der Waals surface area contributed by atoms with E-state index in [1.165, 1.54) is 0 Å². The minimum Gasteiger partial charge on any atom is -0.293 e. The smallest absolute Gasteiger partial charge is 0.142 e. The molecule has 0 N–H and O–H groups in total. The molecule has 1 aliphatic heterocycles. The van der Waals surface area contributed by atoms with Gasteiger partial charge in [0.1, 0.15) is 5.82 Å². The topological polar surface area (TPSA) is 56.1 Å². The number of aromatic nitrogens is 2. The summed E-state index contributed by atoms with van der Waals surface area (Å²) >= 11 is 0. The second kappa shape index (κ2) is 5.54. The van der Waals surface area contributed by atoms with Crippen LogP contribution in [0.2, 0.25) is 0 Å². The van der Waals surface area contributed by atoms with Crippen LogP contribution in [0.1, 0.15) is 5.82 Å². The fraction of sp³-hybridized carbons (Fsp3) is 0.545. The van der Waals surface area contributed by atoms with Crippen molar-refractivity contribution in [1.29, 1.82) is 5.26 Å². The third-order valence-corrected chi connectivity index (χ3v) is 2.74. The van der Waals surface area contributed by atoms with Gasteiger partial charge >= 0.3 is 0 Å². The lowest BCUT2D eigenvalue weighted by Crippen LogP contribution is -2.46. The first-order valence-electron chi connectivity index (χ1n) is 5.46. The molecule has 0 unspecified atom stereocenters. The quantitative estimate of drug-likeness (QED) is 0.673. The third kappa shape index (κ3) is 2.99. The fourth-order valence-corrected chi connectivity index (χ4v) is 1.82. The molecule has 5 nitrogen and oxygen atoms in total. The monoisotopic (exact) mass is 217 g/mol.